The SMILES string of the molecule is N[SH]1C=Nc2ccccc21. The van der Waals surface area contributed by atoms with Crippen LogP contribution in [0.25, 0.3) is 0 Å². The minimum absolute atomic E-state index is 0.573. The van der Waals surface area contributed by atoms with Gasteiger partial charge in [0.2, 0.25) is 0 Å². The van der Waals surface area contributed by atoms with E-state index in [-0.39, 0.29) is 0 Å². The van der Waals surface area contributed by atoms with Gasteiger partial charge in [0.25, 0.3) is 0 Å². The Hall–Kier alpha value is -0.800. The molecule has 0 fully saturated rings. The molecule has 1 aliphatic heterocycles. The van der Waals surface area contributed by atoms with Crippen molar-refractivity contribution in [3.05, 3.63) is 24.3 Å². The molecule has 0 saturated heterocycles. The Balaban J connectivity index is 2.59. The fraction of sp³-hybridized carbons (Fsp3) is 0. The van der Waals surface area contributed by atoms with E-state index in [0.717, 1.165) is 5.69 Å². The number of benzene rings is 1. The largest absolute Gasteiger partial charge is 0.289 e. The standard InChI is InChI=1S/C7H8N2S/c8-10-5-9-6-3-1-2-4-7(6)10/h1-5,10H,8H2. The molecule has 0 bridgehead atoms. The first kappa shape index (κ1) is 5.95. The summed E-state index contributed by atoms with van der Waals surface area (Å²) in [5.41, 5.74) is 2.87. The van der Waals surface area contributed by atoms with Crippen LogP contribution in [0.4, 0.5) is 5.69 Å². The molecule has 52 valence electrons. The highest BCUT2D eigenvalue weighted by molar-refractivity contribution is 8.27. The molecule has 1 heterocycles. The molecular weight excluding hydrogens is 144 g/mol. The van der Waals surface area contributed by atoms with Gasteiger partial charge in [0, 0.05) is 4.90 Å². The lowest BCUT2D eigenvalue weighted by Crippen LogP contribution is -1.89. The summed E-state index contributed by atoms with van der Waals surface area (Å²) in [4.78, 5) is 5.35. The maximum atomic E-state index is 5.76. The summed E-state index contributed by atoms with van der Waals surface area (Å²) in [5.74, 6) is 0. The van der Waals surface area contributed by atoms with Crippen molar-refractivity contribution in [2.24, 2.45) is 10.1 Å². The van der Waals surface area contributed by atoms with Crippen LogP contribution in [0.1, 0.15) is 0 Å². The van der Waals surface area contributed by atoms with Gasteiger partial charge in [-0.3, -0.25) is 5.14 Å². The van der Waals surface area contributed by atoms with Gasteiger partial charge in [-0.15, -0.1) is 11.1 Å². The van der Waals surface area contributed by atoms with E-state index in [2.05, 4.69) is 4.99 Å². The Morgan fingerprint density at radius 3 is 2.90 bits per heavy atom. The van der Waals surface area contributed by atoms with Crippen LogP contribution in [-0.4, -0.2) is 5.55 Å². The average molecular weight is 152 g/mol. The van der Waals surface area contributed by atoms with Crippen LogP contribution in [0, 0.1) is 0 Å². The van der Waals surface area contributed by atoms with E-state index < -0.39 is 11.1 Å². The minimum Gasteiger partial charge on any atom is -0.289 e. The number of para-hydroxylation sites is 1. The molecule has 0 aromatic heterocycles. The van der Waals surface area contributed by atoms with E-state index in [1.807, 2.05) is 29.8 Å². The van der Waals surface area contributed by atoms with Gasteiger partial charge in [0.05, 0.1) is 11.2 Å². The van der Waals surface area contributed by atoms with Crippen molar-refractivity contribution < 1.29 is 0 Å². The molecule has 10 heavy (non-hydrogen) atoms. The van der Waals surface area contributed by atoms with Crippen LogP contribution in [-0.2, 0) is 0 Å². The van der Waals surface area contributed by atoms with E-state index in [9.17, 15) is 0 Å². The molecule has 0 spiro atoms. The Labute approximate surface area is 62.3 Å². The van der Waals surface area contributed by atoms with Crippen LogP contribution in [0.3, 0.4) is 0 Å². The highest BCUT2D eigenvalue weighted by Gasteiger charge is 2.09. The Bertz CT molecular complexity index is 283. The van der Waals surface area contributed by atoms with Gasteiger partial charge in [-0.1, -0.05) is 12.1 Å². The summed E-state index contributed by atoms with van der Waals surface area (Å²) in [6, 6.07) is 8.00. The highest BCUT2D eigenvalue weighted by atomic mass is 32.2. The van der Waals surface area contributed by atoms with Crippen molar-refractivity contribution in [2.45, 2.75) is 4.90 Å². The zero-order chi connectivity index (χ0) is 6.97. The summed E-state index contributed by atoms with van der Waals surface area (Å²) >= 11 is -0.573. The molecule has 1 unspecified atom stereocenters. The van der Waals surface area contributed by atoms with Gasteiger partial charge in [0.1, 0.15) is 0 Å². The summed E-state index contributed by atoms with van der Waals surface area (Å²) in [5, 5.41) is 5.76. The zero-order valence-corrected chi connectivity index (χ0v) is 6.25. The molecule has 2 rings (SSSR count). The van der Waals surface area contributed by atoms with E-state index in [1.54, 1.807) is 0 Å². The van der Waals surface area contributed by atoms with E-state index >= 15 is 0 Å². The van der Waals surface area contributed by atoms with Gasteiger partial charge in [-0.05, 0) is 12.1 Å². The van der Waals surface area contributed by atoms with Gasteiger partial charge in [0.15, 0.2) is 0 Å². The van der Waals surface area contributed by atoms with Crippen LogP contribution in [0.5, 0.6) is 0 Å². The molecule has 0 amide bonds. The number of hydrogen-bond donors (Lipinski definition) is 2. The maximum Gasteiger partial charge on any atom is 0.0769 e. The Morgan fingerprint density at radius 2 is 2.10 bits per heavy atom. The lowest BCUT2D eigenvalue weighted by molar-refractivity contribution is 1.40. The number of hydrogen-bond acceptors (Lipinski definition) is 2. The molecule has 0 saturated carbocycles. The quantitative estimate of drug-likeness (QED) is 0.544. The van der Waals surface area contributed by atoms with Crippen molar-refractivity contribution in [3.8, 4) is 0 Å². The molecule has 0 aliphatic carbocycles. The van der Waals surface area contributed by atoms with Crippen LogP contribution in [0.15, 0.2) is 34.2 Å². The molecule has 2 nitrogen and oxygen atoms in total. The molecular formula is C7H8N2S. The summed E-state index contributed by atoms with van der Waals surface area (Å²) in [7, 11) is 0. The number of rotatable bonds is 0. The summed E-state index contributed by atoms with van der Waals surface area (Å²) < 4.78 is 0. The van der Waals surface area contributed by atoms with E-state index in [0.29, 0.717) is 0 Å². The maximum absolute atomic E-state index is 5.76. The van der Waals surface area contributed by atoms with Crippen molar-refractivity contribution in [1.29, 1.82) is 0 Å². The molecule has 1 atom stereocenters. The highest BCUT2D eigenvalue weighted by Crippen LogP contribution is 2.39. The smallest absolute Gasteiger partial charge is 0.0769 e. The third-order valence-corrected chi connectivity index (χ3v) is 2.78. The third-order valence-electron chi connectivity index (χ3n) is 1.48. The fourth-order valence-corrected chi connectivity index (χ4v) is 2.01. The second-order valence-corrected chi connectivity index (χ2v) is 3.67. The normalized spacial score (nSPS) is 24.7. The second kappa shape index (κ2) is 2.11. The molecule has 3 heteroatoms. The Morgan fingerprint density at radius 1 is 1.30 bits per heavy atom. The van der Waals surface area contributed by atoms with Crippen molar-refractivity contribution in [2.75, 3.05) is 0 Å². The Kier molecular flexibility index (Phi) is 1.25. The minimum atomic E-state index is -0.573. The number of nitrogens with zero attached hydrogens (tertiary/aromatic N) is 1. The topological polar surface area (TPSA) is 38.4 Å². The molecule has 1 aliphatic rings. The lowest BCUT2D eigenvalue weighted by Gasteiger charge is -2.03. The first-order chi connectivity index (χ1) is 4.88. The molecule has 2 N–H and O–H groups in total. The number of fused-ring (bicyclic) bond motifs is 1. The summed E-state index contributed by atoms with van der Waals surface area (Å²) in [6.07, 6.45) is 0. The van der Waals surface area contributed by atoms with Gasteiger partial charge >= 0.3 is 0 Å². The molecule has 1 aromatic rings. The van der Waals surface area contributed by atoms with Crippen LogP contribution >= 0.6 is 11.1 Å². The van der Waals surface area contributed by atoms with Gasteiger partial charge in [-0.25, -0.2) is 4.99 Å². The fourth-order valence-electron chi connectivity index (χ4n) is 0.978. The van der Waals surface area contributed by atoms with Crippen molar-refractivity contribution in [1.82, 2.24) is 0 Å². The van der Waals surface area contributed by atoms with Gasteiger partial charge < -0.3 is 0 Å². The van der Waals surface area contributed by atoms with Crippen molar-refractivity contribution in [3.63, 3.8) is 0 Å². The van der Waals surface area contributed by atoms with E-state index in [1.165, 1.54) is 4.90 Å². The number of thiol groups is 1. The first-order valence-corrected chi connectivity index (χ1v) is 4.53. The second-order valence-electron chi connectivity index (χ2n) is 2.14. The van der Waals surface area contributed by atoms with Crippen LogP contribution in [0.2, 0.25) is 0 Å². The third kappa shape index (κ3) is 0.751. The molecule has 0 radical (unpaired) electrons. The van der Waals surface area contributed by atoms with Crippen molar-refractivity contribution >= 4 is 22.3 Å². The number of nitrogens with two attached hydrogens (primary N) is 1. The van der Waals surface area contributed by atoms with E-state index in [4.69, 9.17) is 5.14 Å². The zero-order valence-electron chi connectivity index (χ0n) is 5.36. The van der Waals surface area contributed by atoms with Gasteiger partial charge in [-0.2, -0.15) is 0 Å². The predicted octanol–water partition coefficient (Wildman–Crippen LogP) is 1.59. The monoisotopic (exact) mass is 152 g/mol. The predicted molar refractivity (Wildman–Crippen MR) is 46.0 cm³/mol. The first-order valence-electron chi connectivity index (χ1n) is 3.05. The summed E-state index contributed by atoms with van der Waals surface area (Å²) in [6.45, 7) is 0. The van der Waals surface area contributed by atoms with Crippen LogP contribution < -0.4 is 5.14 Å². The average Bonchev–Trinajstić information content (AvgIpc) is 2.34. The lowest BCUT2D eigenvalue weighted by atomic mass is 10.3. The molecule has 1 aromatic carbocycles. The number of aliphatic imine (C=N–C) groups is 1.